The number of aromatic nitrogens is 2. The van der Waals surface area contributed by atoms with Crippen LogP contribution in [0.3, 0.4) is 0 Å². The van der Waals surface area contributed by atoms with Gasteiger partial charge in [-0.15, -0.1) is 0 Å². The average Bonchev–Trinajstić information content (AvgIpc) is 2.53. The summed E-state index contributed by atoms with van der Waals surface area (Å²) in [6.07, 6.45) is 6.25. The molecule has 6 nitrogen and oxygen atoms in total. The molecule has 1 N–H and O–H groups in total. The summed E-state index contributed by atoms with van der Waals surface area (Å²) in [4.78, 5) is 8.71. The maximum absolute atomic E-state index is 5.80. The number of nitrogens with one attached hydrogen (secondary N) is 1. The molecule has 2 unspecified atom stereocenters. The molecule has 0 radical (unpaired) electrons. The van der Waals surface area contributed by atoms with Gasteiger partial charge in [0.2, 0.25) is 11.8 Å². The molecule has 2 rings (SSSR count). The molecule has 1 aromatic rings. The quantitative estimate of drug-likeness (QED) is 0.856. The van der Waals surface area contributed by atoms with E-state index >= 15 is 0 Å². The van der Waals surface area contributed by atoms with Crippen molar-refractivity contribution in [2.24, 2.45) is 0 Å². The summed E-state index contributed by atoms with van der Waals surface area (Å²) in [6, 6.07) is 0.0615. The Labute approximate surface area is 119 Å². The number of hydrogen-bond acceptors (Lipinski definition) is 6. The van der Waals surface area contributed by atoms with E-state index in [9.17, 15) is 0 Å². The molecule has 0 amide bonds. The summed E-state index contributed by atoms with van der Waals surface area (Å²) < 4.78 is 16.2. The molecular weight excluding hydrogens is 258 g/mol. The van der Waals surface area contributed by atoms with Crippen LogP contribution in [0.15, 0.2) is 6.20 Å². The molecule has 2 heterocycles. The minimum absolute atomic E-state index is 0.0615. The first kappa shape index (κ1) is 15.0. The van der Waals surface area contributed by atoms with Crippen LogP contribution in [0.2, 0.25) is 0 Å². The fourth-order valence-corrected chi connectivity index (χ4v) is 2.48. The molecule has 0 spiro atoms. The second kappa shape index (κ2) is 7.40. The average molecular weight is 281 g/mol. The lowest BCUT2D eigenvalue weighted by atomic mass is 10.00. The predicted octanol–water partition coefficient (Wildman–Crippen LogP) is 1.71. The van der Waals surface area contributed by atoms with Gasteiger partial charge in [0.15, 0.2) is 0 Å². The molecule has 6 heteroatoms. The Kier molecular flexibility index (Phi) is 5.55. The summed E-state index contributed by atoms with van der Waals surface area (Å²) in [5.41, 5.74) is 0.796. The summed E-state index contributed by atoms with van der Waals surface area (Å²) in [5, 5.41) is 3.27. The van der Waals surface area contributed by atoms with Crippen molar-refractivity contribution in [3.63, 3.8) is 0 Å². The van der Waals surface area contributed by atoms with Gasteiger partial charge >= 0.3 is 0 Å². The van der Waals surface area contributed by atoms with E-state index in [1.54, 1.807) is 20.4 Å². The molecule has 1 aliphatic rings. The molecule has 20 heavy (non-hydrogen) atoms. The highest BCUT2D eigenvalue weighted by atomic mass is 16.5. The Morgan fingerprint density at radius 3 is 2.85 bits per heavy atom. The molecule has 1 saturated heterocycles. The molecule has 112 valence electrons. The third-order valence-corrected chi connectivity index (χ3v) is 3.60. The van der Waals surface area contributed by atoms with Crippen LogP contribution in [0, 0.1) is 0 Å². The second-order valence-electron chi connectivity index (χ2n) is 4.87. The normalized spacial score (nSPS) is 20.4. The number of methoxy groups -OCH3 is 2. The van der Waals surface area contributed by atoms with E-state index in [0.717, 1.165) is 31.6 Å². The lowest BCUT2D eigenvalue weighted by molar-refractivity contribution is 0.00506. The standard InChI is InChI=1S/C14H23N3O3/c1-15-11(8-10-6-4-5-7-20-10)13-14(19-3)17-12(18-2)9-16-13/h9-11,15H,4-8H2,1-3H3. The summed E-state index contributed by atoms with van der Waals surface area (Å²) in [5.74, 6) is 0.953. The van der Waals surface area contributed by atoms with Crippen molar-refractivity contribution < 1.29 is 14.2 Å². The Bertz CT molecular complexity index is 422. The van der Waals surface area contributed by atoms with Gasteiger partial charge in [0.25, 0.3) is 0 Å². The Morgan fingerprint density at radius 1 is 1.40 bits per heavy atom. The highest BCUT2D eigenvalue weighted by Gasteiger charge is 2.24. The molecule has 2 atom stereocenters. The molecule has 0 aliphatic carbocycles. The zero-order chi connectivity index (χ0) is 14.4. The Morgan fingerprint density at radius 2 is 2.25 bits per heavy atom. The third kappa shape index (κ3) is 3.58. The molecule has 1 aromatic heterocycles. The molecule has 0 aromatic carbocycles. The van der Waals surface area contributed by atoms with Crippen LogP contribution in [0.1, 0.15) is 37.4 Å². The Hall–Kier alpha value is -1.40. The summed E-state index contributed by atoms with van der Waals surface area (Å²) in [6.45, 7) is 0.854. The van der Waals surface area contributed by atoms with E-state index in [0.29, 0.717) is 11.8 Å². The monoisotopic (exact) mass is 281 g/mol. The van der Waals surface area contributed by atoms with Crippen LogP contribution >= 0.6 is 0 Å². The SMILES string of the molecule is CNC(CC1CCCCO1)c1ncc(OC)nc1OC. The van der Waals surface area contributed by atoms with E-state index in [-0.39, 0.29) is 12.1 Å². The van der Waals surface area contributed by atoms with Crippen LogP contribution in [0.25, 0.3) is 0 Å². The lowest BCUT2D eigenvalue weighted by Gasteiger charge is -2.27. The first-order valence-electron chi connectivity index (χ1n) is 7.02. The van der Waals surface area contributed by atoms with Crippen LogP contribution in [0.5, 0.6) is 11.8 Å². The first-order valence-corrected chi connectivity index (χ1v) is 7.02. The summed E-state index contributed by atoms with van der Waals surface area (Å²) >= 11 is 0. The predicted molar refractivity (Wildman–Crippen MR) is 75.1 cm³/mol. The summed E-state index contributed by atoms with van der Waals surface area (Å²) in [7, 11) is 5.07. The van der Waals surface area contributed by atoms with Crippen LogP contribution < -0.4 is 14.8 Å². The highest BCUT2D eigenvalue weighted by Crippen LogP contribution is 2.29. The largest absolute Gasteiger partial charge is 0.480 e. The second-order valence-corrected chi connectivity index (χ2v) is 4.87. The van der Waals surface area contributed by atoms with Crippen molar-refractivity contribution in [1.29, 1.82) is 0 Å². The number of ether oxygens (including phenoxy) is 3. The van der Waals surface area contributed by atoms with Crippen LogP contribution in [0.4, 0.5) is 0 Å². The van der Waals surface area contributed by atoms with Gasteiger partial charge in [-0.05, 0) is 32.7 Å². The molecule has 0 saturated carbocycles. The van der Waals surface area contributed by atoms with Gasteiger partial charge in [0.05, 0.1) is 32.6 Å². The minimum atomic E-state index is 0.0615. The van der Waals surface area contributed by atoms with Gasteiger partial charge in [-0.2, -0.15) is 4.98 Å². The van der Waals surface area contributed by atoms with Gasteiger partial charge in [-0.25, -0.2) is 4.98 Å². The molecule has 1 aliphatic heterocycles. The fraction of sp³-hybridized carbons (Fsp3) is 0.714. The molecule has 1 fully saturated rings. The van der Waals surface area contributed by atoms with Gasteiger partial charge in [-0.1, -0.05) is 0 Å². The zero-order valence-corrected chi connectivity index (χ0v) is 12.4. The maximum atomic E-state index is 5.80. The third-order valence-electron chi connectivity index (χ3n) is 3.60. The molecular formula is C14H23N3O3. The topological polar surface area (TPSA) is 65.5 Å². The van der Waals surface area contributed by atoms with Crippen LogP contribution in [-0.2, 0) is 4.74 Å². The van der Waals surface area contributed by atoms with Gasteiger partial charge in [-0.3, -0.25) is 0 Å². The molecule has 0 bridgehead atoms. The van der Waals surface area contributed by atoms with Crippen molar-refractivity contribution in [3.8, 4) is 11.8 Å². The van der Waals surface area contributed by atoms with Crippen molar-refractivity contribution in [1.82, 2.24) is 15.3 Å². The van der Waals surface area contributed by atoms with E-state index in [4.69, 9.17) is 14.2 Å². The van der Waals surface area contributed by atoms with Crippen molar-refractivity contribution >= 4 is 0 Å². The minimum Gasteiger partial charge on any atom is -0.480 e. The zero-order valence-electron chi connectivity index (χ0n) is 12.4. The van der Waals surface area contributed by atoms with E-state index in [2.05, 4.69) is 15.3 Å². The van der Waals surface area contributed by atoms with Gasteiger partial charge in [0.1, 0.15) is 5.69 Å². The van der Waals surface area contributed by atoms with E-state index in [1.807, 2.05) is 7.05 Å². The number of nitrogens with zero attached hydrogens (tertiary/aromatic N) is 2. The fourth-order valence-electron chi connectivity index (χ4n) is 2.48. The Balaban J connectivity index is 2.13. The van der Waals surface area contributed by atoms with E-state index in [1.165, 1.54) is 6.42 Å². The smallest absolute Gasteiger partial charge is 0.240 e. The van der Waals surface area contributed by atoms with E-state index < -0.39 is 0 Å². The van der Waals surface area contributed by atoms with Gasteiger partial charge < -0.3 is 19.5 Å². The maximum Gasteiger partial charge on any atom is 0.240 e. The van der Waals surface area contributed by atoms with Crippen molar-refractivity contribution in [2.75, 3.05) is 27.9 Å². The lowest BCUT2D eigenvalue weighted by Crippen LogP contribution is -2.28. The van der Waals surface area contributed by atoms with Crippen LogP contribution in [-0.4, -0.2) is 43.9 Å². The van der Waals surface area contributed by atoms with Crippen molar-refractivity contribution in [3.05, 3.63) is 11.9 Å². The first-order chi connectivity index (χ1) is 9.78. The number of hydrogen-bond donors (Lipinski definition) is 1. The number of rotatable bonds is 6. The van der Waals surface area contributed by atoms with Gasteiger partial charge in [0, 0.05) is 6.61 Å². The highest BCUT2D eigenvalue weighted by molar-refractivity contribution is 5.25. The van der Waals surface area contributed by atoms with Crippen molar-refractivity contribution in [2.45, 2.75) is 37.8 Å².